The maximum absolute atomic E-state index is 12.6. The summed E-state index contributed by atoms with van der Waals surface area (Å²) < 4.78 is 17.9. The van der Waals surface area contributed by atoms with E-state index < -0.39 is 5.95 Å². The predicted octanol–water partition coefficient (Wildman–Crippen LogP) is 1.77. The molecule has 1 amide bonds. The van der Waals surface area contributed by atoms with E-state index in [9.17, 15) is 9.18 Å². The predicted molar refractivity (Wildman–Crippen MR) is 64.7 cm³/mol. The average Bonchev–Trinajstić information content (AvgIpc) is 2.40. The van der Waals surface area contributed by atoms with E-state index in [1.54, 1.807) is 0 Å². The third kappa shape index (κ3) is 3.26. The lowest BCUT2D eigenvalue weighted by Crippen LogP contribution is -2.40. The maximum atomic E-state index is 12.6. The second-order valence-corrected chi connectivity index (χ2v) is 4.58. The number of rotatable bonds is 3. The highest BCUT2D eigenvalue weighted by Gasteiger charge is 2.22. The summed E-state index contributed by atoms with van der Waals surface area (Å²) in [6.45, 7) is 3.50. The molecule has 1 aromatic rings. The molecule has 1 fully saturated rings. The van der Waals surface area contributed by atoms with Gasteiger partial charge in [0.1, 0.15) is 0 Å². The van der Waals surface area contributed by atoms with Crippen LogP contribution in [0.5, 0.6) is 0 Å². The molecule has 1 N–H and O–H groups in total. The second kappa shape index (κ2) is 5.91. The molecule has 0 radical (unpaired) electrons. The van der Waals surface area contributed by atoms with Gasteiger partial charge in [0.25, 0.3) is 5.91 Å². The van der Waals surface area contributed by atoms with Crippen molar-refractivity contribution in [1.29, 1.82) is 0 Å². The molecule has 0 aliphatic carbocycles. The maximum Gasteiger partial charge on any atom is 0.253 e. The minimum absolute atomic E-state index is 0.0893. The Morgan fingerprint density at radius 2 is 2.22 bits per heavy atom. The first-order valence-electron chi connectivity index (χ1n) is 6.17. The number of carbonyl (C=O) groups excluding carboxylic acids is 1. The molecule has 1 unspecified atom stereocenters. The largest absolute Gasteiger partial charge is 0.381 e. The molecule has 2 rings (SSSR count). The molecule has 98 valence electrons. The Kier molecular flexibility index (Phi) is 4.25. The van der Waals surface area contributed by atoms with Crippen LogP contribution in [0.15, 0.2) is 18.3 Å². The zero-order valence-corrected chi connectivity index (χ0v) is 10.4. The zero-order chi connectivity index (χ0) is 13.0. The lowest BCUT2D eigenvalue weighted by molar-refractivity contribution is 0.0538. The molecule has 1 aromatic heterocycles. The van der Waals surface area contributed by atoms with Gasteiger partial charge < -0.3 is 10.1 Å². The van der Waals surface area contributed by atoms with Crippen LogP contribution in [0.3, 0.4) is 0 Å². The molecule has 1 atom stereocenters. The van der Waals surface area contributed by atoms with Gasteiger partial charge in [0.05, 0.1) is 5.56 Å². The standard InChI is InChI=1S/C13H17FN2O2/c1-9(10-4-6-18-7-5-10)16-13(17)11-2-3-12(14)15-8-11/h2-3,8-10H,4-7H2,1H3,(H,16,17). The first-order chi connectivity index (χ1) is 8.66. The van der Waals surface area contributed by atoms with E-state index in [2.05, 4.69) is 10.3 Å². The van der Waals surface area contributed by atoms with Gasteiger partial charge in [-0.1, -0.05) is 0 Å². The third-order valence-electron chi connectivity index (χ3n) is 3.32. The lowest BCUT2D eigenvalue weighted by atomic mass is 9.93. The van der Waals surface area contributed by atoms with E-state index in [0.29, 0.717) is 11.5 Å². The van der Waals surface area contributed by atoms with Crippen LogP contribution in [0.2, 0.25) is 0 Å². The van der Waals surface area contributed by atoms with Crippen LogP contribution in [0.4, 0.5) is 4.39 Å². The van der Waals surface area contributed by atoms with Crippen molar-refractivity contribution in [2.24, 2.45) is 5.92 Å². The van der Waals surface area contributed by atoms with Crippen LogP contribution in [0.1, 0.15) is 30.1 Å². The summed E-state index contributed by atoms with van der Waals surface area (Å²) >= 11 is 0. The number of ether oxygens (including phenoxy) is 1. The molecule has 1 aliphatic heterocycles. The zero-order valence-electron chi connectivity index (χ0n) is 10.4. The Labute approximate surface area is 106 Å². The number of hydrogen-bond donors (Lipinski definition) is 1. The summed E-state index contributed by atoms with van der Waals surface area (Å²) in [6.07, 6.45) is 3.17. The molecule has 0 spiro atoms. The summed E-state index contributed by atoms with van der Waals surface area (Å²) in [5.41, 5.74) is 0.385. The highest BCUT2D eigenvalue weighted by Crippen LogP contribution is 2.18. The van der Waals surface area contributed by atoms with E-state index in [4.69, 9.17) is 4.74 Å². The smallest absolute Gasteiger partial charge is 0.253 e. The van der Waals surface area contributed by atoms with Gasteiger partial charge in [-0.25, -0.2) is 4.98 Å². The van der Waals surface area contributed by atoms with Gasteiger partial charge in [0, 0.05) is 25.5 Å². The van der Waals surface area contributed by atoms with Crippen LogP contribution < -0.4 is 5.32 Å². The van der Waals surface area contributed by atoms with E-state index in [1.165, 1.54) is 18.3 Å². The summed E-state index contributed by atoms with van der Waals surface area (Å²) in [4.78, 5) is 15.4. The summed E-state index contributed by atoms with van der Waals surface area (Å²) in [6, 6.07) is 2.72. The normalized spacial score (nSPS) is 18.3. The Morgan fingerprint density at radius 3 is 2.83 bits per heavy atom. The molecule has 18 heavy (non-hydrogen) atoms. The average molecular weight is 252 g/mol. The molecule has 0 aromatic carbocycles. The monoisotopic (exact) mass is 252 g/mol. The fourth-order valence-electron chi connectivity index (χ4n) is 2.13. The van der Waals surface area contributed by atoms with Gasteiger partial charge >= 0.3 is 0 Å². The molecular formula is C13H17FN2O2. The summed E-state index contributed by atoms with van der Waals surface area (Å²) in [5, 5.41) is 2.93. The van der Waals surface area contributed by atoms with Crippen molar-refractivity contribution in [1.82, 2.24) is 10.3 Å². The number of halogens is 1. The molecule has 4 nitrogen and oxygen atoms in total. The van der Waals surface area contributed by atoms with Crippen molar-refractivity contribution < 1.29 is 13.9 Å². The topological polar surface area (TPSA) is 51.2 Å². The van der Waals surface area contributed by atoms with Gasteiger partial charge in [-0.2, -0.15) is 4.39 Å². The third-order valence-corrected chi connectivity index (χ3v) is 3.32. The van der Waals surface area contributed by atoms with Crippen molar-refractivity contribution in [2.45, 2.75) is 25.8 Å². The van der Waals surface area contributed by atoms with Crippen molar-refractivity contribution in [3.8, 4) is 0 Å². The minimum atomic E-state index is -0.580. The Hall–Kier alpha value is -1.49. The van der Waals surface area contributed by atoms with Crippen LogP contribution in [0.25, 0.3) is 0 Å². The van der Waals surface area contributed by atoms with Crippen molar-refractivity contribution >= 4 is 5.91 Å². The number of hydrogen-bond acceptors (Lipinski definition) is 3. The Balaban J connectivity index is 1.91. The Bertz CT molecular complexity index is 402. The highest BCUT2D eigenvalue weighted by molar-refractivity contribution is 5.93. The van der Waals surface area contributed by atoms with Crippen molar-refractivity contribution in [2.75, 3.05) is 13.2 Å². The van der Waals surface area contributed by atoms with Crippen LogP contribution in [-0.2, 0) is 4.74 Å². The molecule has 1 saturated heterocycles. The van der Waals surface area contributed by atoms with Gasteiger partial charge in [0.2, 0.25) is 5.95 Å². The fourth-order valence-corrected chi connectivity index (χ4v) is 2.13. The van der Waals surface area contributed by atoms with Crippen molar-refractivity contribution in [3.63, 3.8) is 0 Å². The first kappa shape index (κ1) is 13.0. The quantitative estimate of drug-likeness (QED) is 0.834. The summed E-state index contributed by atoms with van der Waals surface area (Å²) in [5.74, 6) is -0.346. The van der Waals surface area contributed by atoms with E-state index in [1.807, 2.05) is 6.92 Å². The van der Waals surface area contributed by atoms with Gasteiger partial charge in [-0.15, -0.1) is 0 Å². The number of nitrogens with one attached hydrogen (secondary N) is 1. The summed E-state index contributed by atoms with van der Waals surface area (Å²) in [7, 11) is 0. The van der Waals surface area contributed by atoms with Gasteiger partial charge in [-0.05, 0) is 37.8 Å². The number of amides is 1. The Morgan fingerprint density at radius 1 is 1.50 bits per heavy atom. The first-order valence-corrected chi connectivity index (χ1v) is 6.17. The van der Waals surface area contributed by atoms with E-state index in [0.717, 1.165) is 26.1 Å². The molecule has 2 heterocycles. The highest BCUT2D eigenvalue weighted by atomic mass is 19.1. The van der Waals surface area contributed by atoms with Crippen LogP contribution >= 0.6 is 0 Å². The van der Waals surface area contributed by atoms with Crippen LogP contribution in [0, 0.1) is 11.9 Å². The van der Waals surface area contributed by atoms with E-state index >= 15 is 0 Å². The van der Waals surface area contributed by atoms with Gasteiger partial charge in [-0.3, -0.25) is 4.79 Å². The van der Waals surface area contributed by atoms with Crippen LogP contribution in [-0.4, -0.2) is 30.1 Å². The fraction of sp³-hybridized carbons (Fsp3) is 0.538. The van der Waals surface area contributed by atoms with E-state index in [-0.39, 0.29) is 11.9 Å². The number of pyridine rings is 1. The SMILES string of the molecule is CC(NC(=O)c1ccc(F)nc1)C1CCOCC1. The number of carbonyl (C=O) groups is 1. The lowest BCUT2D eigenvalue weighted by Gasteiger charge is -2.28. The molecule has 0 saturated carbocycles. The minimum Gasteiger partial charge on any atom is -0.381 e. The molecule has 0 bridgehead atoms. The molecule has 5 heteroatoms. The second-order valence-electron chi connectivity index (χ2n) is 4.58. The van der Waals surface area contributed by atoms with Crippen molar-refractivity contribution in [3.05, 3.63) is 29.8 Å². The number of nitrogens with zero attached hydrogens (tertiary/aromatic N) is 1. The molecule has 1 aliphatic rings. The number of aromatic nitrogens is 1. The van der Waals surface area contributed by atoms with Gasteiger partial charge in [0.15, 0.2) is 0 Å². The molecular weight excluding hydrogens is 235 g/mol.